The summed E-state index contributed by atoms with van der Waals surface area (Å²) in [6, 6.07) is -3.20. The van der Waals surface area contributed by atoms with Gasteiger partial charge in [0, 0.05) is 13.0 Å². The van der Waals surface area contributed by atoms with Crippen LogP contribution in [-0.4, -0.2) is 78.4 Å². The van der Waals surface area contributed by atoms with Crippen LogP contribution in [0.15, 0.2) is 4.99 Å². The van der Waals surface area contributed by atoms with Crippen LogP contribution in [0.4, 0.5) is 0 Å². The van der Waals surface area contributed by atoms with E-state index in [2.05, 4.69) is 20.9 Å². The molecule has 3 atom stereocenters. The van der Waals surface area contributed by atoms with Crippen LogP contribution in [0.2, 0.25) is 0 Å². The molecule has 0 saturated heterocycles. The second-order valence-electron chi connectivity index (χ2n) is 7.58. The summed E-state index contributed by atoms with van der Waals surface area (Å²) in [5.41, 5.74) is 26.9. The van der Waals surface area contributed by atoms with Gasteiger partial charge in [0.25, 0.3) is 0 Å². The van der Waals surface area contributed by atoms with E-state index in [1.54, 1.807) is 0 Å². The number of primary amides is 1. The van der Waals surface area contributed by atoms with Gasteiger partial charge in [0.15, 0.2) is 5.96 Å². The second-order valence-corrected chi connectivity index (χ2v) is 7.58. The molecule has 0 saturated carbocycles. The summed E-state index contributed by atoms with van der Waals surface area (Å²) < 4.78 is 0. The minimum Gasteiger partial charge on any atom is -0.480 e. The molecule has 0 fully saturated rings. The minimum absolute atomic E-state index is 0.00329. The number of hydrogen-bond acceptors (Lipinski definition) is 8. The largest absolute Gasteiger partial charge is 0.480 e. The van der Waals surface area contributed by atoms with Gasteiger partial charge in [-0.1, -0.05) is 0 Å². The van der Waals surface area contributed by atoms with Crippen LogP contribution in [0.3, 0.4) is 0 Å². The maximum atomic E-state index is 12.9. The van der Waals surface area contributed by atoms with Gasteiger partial charge in [-0.05, 0) is 45.1 Å². The molecule has 3 unspecified atom stereocenters. The van der Waals surface area contributed by atoms with Crippen LogP contribution in [0.25, 0.3) is 0 Å². The fourth-order valence-electron chi connectivity index (χ4n) is 2.80. The van der Waals surface area contributed by atoms with Crippen LogP contribution in [0.1, 0.15) is 44.9 Å². The van der Waals surface area contributed by atoms with E-state index in [4.69, 9.17) is 33.8 Å². The SMILES string of the molecule is NCCCCC(NC(=O)C(N)CCC(N)=O)C(=O)NC(CCCN=C(N)N)C(=O)NCC(=O)O. The van der Waals surface area contributed by atoms with Crippen molar-refractivity contribution >= 4 is 35.6 Å². The van der Waals surface area contributed by atoms with E-state index < -0.39 is 54.3 Å². The van der Waals surface area contributed by atoms with Gasteiger partial charge in [-0.3, -0.25) is 29.0 Å². The Morgan fingerprint density at radius 1 is 0.824 bits per heavy atom. The van der Waals surface area contributed by atoms with Gasteiger partial charge < -0.3 is 49.7 Å². The molecule has 0 heterocycles. The Bertz CT molecular complexity index is 727. The van der Waals surface area contributed by atoms with Crippen molar-refractivity contribution in [3.05, 3.63) is 0 Å². The molecule has 0 spiro atoms. The number of amides is 4. The van der Waals surface area contributed by atoms with Crippen LogP contribution >= 0.6 is 0 Å². The number of carbonyl (C=O) groups excluding carboxylic acids is 4. The number of unbranched alkanes of at least 4 members (excludes halogenated alkanes) is 1. The summed E-state index contributed by atoms with van der Waals surface area (Å²) >= 11 is 0. The smallest absolute Gasteiger partial charge is 0.322 e. The van der Waals surface area contributed by atoms with Gasteiger partial charge in [-0.2, -0.15) is 0 Å². The number of rotatable bonds is 18. The highest BCUT2D eigenvalue weighted by Gasteiger charge is 2.28. The number of nitrogens with zero attached hydrogens (tertiary/aromatic N) is 1. The molecule has 0 aromatic rings. The lowest BCUT2D eigenvalue weighted by molar-refractivity contribution is -0.138. The zero-order chi connectivity index (χ0) is 26.1. The third-order valence-electron chi connectivity index (χ3n) is 4.61. The zero-order valence-electron chi connectivity index (χ0n) is 19.1. The van der Waals surface area contributed by atoms with Crippen molar-refractivity contribution in [1.82, 2.24) is 16.0 Å². The van der Waals surface area contributed by atoms with Gasteiger partial charge in [-0.15, -0.1) is 0 Å². The highest BCUT2D eigenvalue weighted by molar-refractivity contribution is 5.93. The van der Waals surface area contributed by atoms with Crippen LogP contribution in [0, 0.1) is 0 Å². The number of nitrogens with one attached hydrogen (secondary N) is 3. The van der Waals surface area contributed by atoms with Crippen molar-refractivity contribution in [2.45, 2.75) is 63.1 Å². The lowest BCUT2D eigenvalue weighted by atomic mass is 10.0. The summed E-state index contributed by atoms with van der Waals surface area (Å²) in [4.78, 5) is 63.2. The third-order valence-corrected chi connectivity index (χ3v) is 4.61. The highest BCUT2D eigenvalue weighted by atomic mass is 16.4. The normalized spacial score (nSPS) is 13.1. The van der Waals surface area contributed by atoms with E-state index in [0.29, 0.717) is 25.8 Å². The van der Waals surface area contributed by atoms with Gasteiger partial charge in [0.1, 0.15) is 18.6 Å². The molecule has 34 heavy (non-hydrogen) atoms. The molecule has 15 nitrogen and oxygen atoms in total. The Labute approximate surface area is 197 Å². The van der Waals surface area contributed by atoms with E-state index in [1.165, 1.54) is 0 Å². The number of carboxylic acids is 1. The molecule has 0 aliphatic heterocycles. The second kappa shape index (κ2) is 17.1. The Hall–Kier alpha value is -3.46. The summed E-state index contributed by atoms with van der Waals surface area (Å²) in [5.74, 6) is -4.04. The monoisotopic (exact) mass is 487 g/mol. The Balaban J connectivity index is 5.32. The molecule has 0 radical (unpaired) electrons. The van der Waals surface area contributed by atoms with Crippen LogP contribution in [0.5, 0.6) is 0 Å². The number of aliphatic imine (C=N–C) groups is 1. The predicted molar refractivity (Wildman–Crippen MR) is 124 cm³/mol. The van der Waals surface area contributed by atoms with Crippen molar-refractivity contribution < 1.29 is 29.1 Å². The molecule has 15 heteroatoms. The topological polar surface area (TPSA) is 284 Å². The molecule has 14 N–H and O–H groups in total. The quantitative estimate of drug-likeness (QED) is 0.0511. The van der Waals surface area contributed by atoms with E-state index in [-0.39, 0.29) is 38.2 Å². The number of aliphatic carboxylic acids is 1. The average molecular weight is 488 g/mol. The first kappa shape index (κ1) is 30.5. The van der Waals surface area contributed by atoms with Gasteiger partial charge in [0.2, 0.25) is 23.6 Å². The van der Waals surface area contributed by atoms with Crippen LogP contribution in [-0.2, 0) is 24.0 Å². The standard InChI is InChI=1S/C19H37N9O6/c20-8-2-1-4-13(27-16(32)11(21)6-7-14(22)29)18(34)28-12(5-3-9-25-19(23)24)17(33)26-10-15(30)31/h11-13H,1-10,20-21H2,(H2,22,29)(H,26,33)(H,27,32)(H,28,34)(H,30,31)(H4,23,24,25). The third kappa shape index (κ3) is 14.6. The minimum atomic E-state index is -1.25. The summed E-state index contributed by atoms with van der Waals surface area (Å²) in [5, 5.41) is 16.1. The first-order chi connectivity index (χ1) is 16.0. The van der Waals surface area contributed by atoms with Gasteiger partial charge in [-0.25, -0.2) is 0 Å². The van der Waals surface area contributed by atoms with Crippen molar-refractivity contribution in [3.8, 4) is 0 Å². The number of hydrogen-bond donors (Lipinski definition) is 9. The summed E-state index contributed by atoms with van der Waals surface area (Å²) in [7, 11) is 0. The van der Waals surface area contributed by atoms with Crippen LogP contribution < -0.4 is 44.6 Å². The highest BCUT2D eigenvalue weighted by Crippen LogP contribution is 2.06. The first-order valence-electron chi connectivity index (χ1n) is 10.9. The Morgan fingerprint density at radius 2 is 1.41 bits per heavy atom. The molecule has 0 aromatic heterocycles. The molecule has 4 amide bonds. The Kier molecular flexibility index (Phi) is 15.3. The maximum Gasteiger partial charge on any atom is 0.322 e. The fraction of sp³-hybridized carbons (Fsp3) is 0.684. The van der Waals surface area contributed by atoms with Crippen molar-refractivity contribution in [2.75, 3.05) is 19.6 Å². The number of nitrogens with two attached hydrogens (primary N) is 5. The molecular formula is C19H37N9O6. The first-order valence-corrected chi connectivity index (χ1v) is 10.9. The number of guanidine groups is 1. The van der Waals surface area contributed by atoms with E-state index in [0.717, 1.165) is 0 Å². The van der Waals surface area contributed by atoms with E-state index in [1.807, 2.05) is 0 Å². The number of carbonyl (C=O) groups is 5. The molecular weight excluding hydrogens is 450 g/mol. The van der Waals surface area contributed by atoms with Gasteiger partial charge >= 0.3 is 5.97 Å². The predicted octanol–water partition coefficient (Wildman–Crippen LogP) is -4.07. The fourth-order valence-corrected chi connectivity index (χ4v) is 2.80. The van der Waals surface area contributed by atoms with Crippen molar-refractivity contribution in [1.29, 1.82) is 0 Å². The molecule has 0 aliphatic carbocycles. The molecule has 0 bridgehead atoms. The van der Waals surface area contributed by atoms with E-state index in [9.17, 15) is 24.0 Å². The zero-order valence-corrected chi connectivity index (χ0v) is 19.1. The van der Waals surface area contributed by atoms with E-state index >= 15 is 0 Å². The average Bonchev–Trinajstić information content (AvgIpc) is 2.76. The van der Waals surface area contributed by atoms with Crippen molar-refractivity contribution in [2.24, 2.45) is 33.7 Å². The summed E-state index contributed by atoms with van der Waals surface area (Å²) in [6.07, 6.45) is 1.64. The molecule has 0 aromatic carbocycles. The summed E-state index contributed by atoms with van der Waals surface area (Å²) in [6.45, 7) is -0.0673. The maximum absolute atomic E-state index is 12.9. The number of carboxylic acid groups (broad SMARTS) is 1. The lowest BCUT2D eigenvalue weighted by Gasteiger charge is -2.24. The van der Waals surface area contributed by atoms with Gasteiger partial charge in [0.05, 0.1) is 6.04 Å². The molecule has 0 rings (SSSR count). The lowest BCUT2D eigenvalue weighted by Crippen LogP contribution is -2.56. The van der Waals surface area contributed by atoms with Crippen molar-refractivity contribution in [3.63, 3.8) is 0 Å². The Morgan fingerprint density at radius 3 is 1.97 bits per heavy atom. The molecule has 194 valence electrons. The molecule has 0 aliphatic rings.